The van der Waals surface area contributed by atoms with Gasteiger partial charge in [-0.25, -0.2) is 4.68 Å². The Morgan fingerprint density at radius 3 is 2.60 bits per heavy atom. The Hall–Kier alpha value is -1.77. The van der Waals surface area contributed by atoms with E-state index in [1.165, 1.54) is 5.56 Å². The van der Waals surface area contributed by atoms with Gasteiger partial charge in [-0.2, -0.15) is 5.10 Å². The third kappa shape index (κ3) is 2.01. The van der Waals surface area contributed by atoms with Gasteiger partial charge in [-0.15, -0.1) is 0 Å². The van der Waals surface area contributed by atoms with Crippen molar-refractivity contribution in [1.82, 2.24) is 9.78 Å². The van der Waals surface area contributed by atoms with Gasteiger partial charge < -0.3 is 4.74 Å². The van der Waals surface area contributed by atoms with Crippen LogP contribution >= 0.6 is 0 Å². The number of nitrogens with zero attached hydrogens (tertiary/aromatic N) is 2. The number of benzene rings is 1. The molecule has 0 radical (unpaired) electrons. The summed E-state index contributed by atoms with van der Waals surface area (Å²) in [7, 11) is 1.86. The SMILES string of the molecule is Cc1ccc(Oc2ccnn2C)c(C)c1. The molecule has 2 rings (SSSR count). The van der Waals surface area contributed by atoms with E-state index in [4.69, 9.17) is 4.74 Å². The lowest BCUT2D eigenvalue weighted by atomic mass is 10.1. The summed E-state index contributed by atoms with van der Waals surface area (Å²) in [6.45, 7) is 4.11. The second-order valence-electron chi connectivity index (χ2n) is 3.66. The van der Waals surface area contributed by atoms with E-state index >= 15 is 0 Å². The zero-order chi connectivity index (χ0) is 10.8. The Kier molecular flexibility index (Phi) is 2.46. The van der Waals surface area contributed by atoms with E-state index in [9.17, 15) is 0 Å². The van der Waals surface area contributed by atoms with Crippen molar-refractivity contribution in [2.75, 3.05) is 0 Å². The van der Waals surface area contributed by atoms with Crippen molar-refractivity contribution in [3.8, 4) is 11.6 Å². The first kappa shape index (κ1) is 9.77. The first-order valence-corrected chi connectivity index (χ1v) is 4.90. The zero-order valence-corrected chi connectivity index (χ0v) is 9.19. The maximum Gasteiger partial charge on any atom is 0.217 e. The summed E-state index contributed by atoms with van der Waals surface area (Å²) in [4.78, 5) is 0. The molecule has 1 heterocycles. The molecular formula is C12H14N2O. The minimum Gasteiger partial charge on any atom is -0.439 e. The average Bonchev–Trinajstić information content (AvgIpc) is 2.57. The van der Waals surface area contributed by atoms with E-state index < -0.39 is 0 Å². The Morgan fingerprint density at radius 1 is 1.20 bits per heavy atom. The lowest BCUT2D eigenvalue weighted by molar-refractivity contribution is 0.428. The fourth-order valence-electron chi connectivity index (χ4n) is 1.49. The predicted octanol–water partition coefficient (Wildman–Crippen LogP) is 2.83. The van der Waals surface area contributed by atoms with E-state index in [1.807, 2.05) is 32.2 Å². The van der Waals surface area contributed by atoms with E-state index in [1.54, 1.807) is 10.9 Å². The standard InChI is InChI=1S/C12H14N2O/c1-9-4-5-11(10(2)8-9)15-12-6-7-13-14(12)3/h4-8H,1-3H3. The lowest BCUT2D eigenvalue weighted by Crippen LogP contribution is -1.96. The summed E-state index contributed by atoms with van der Waals surface area (Å²) >= 11 is 0. The average molecular weight is 202 g/mol. The fourth-order valence-corrected chi connectivity index (χ4v) is 1.49. The van der Waals surface area contributed by atoms with Gasteiger partial charge in [-0.05, 0) is 25.5 Å². The number of aryl methyl sites for hydroxylation is 3. The van der Waals surface area contributed by atoms with Crippen LogP contribution in [0.2, 0.25) is 0 Å². The molecule has 0 unspecified atom stereocenters. The summed E-state index contributed by atoms with van der Waals surface area (Å²) in [6, 6.07) is 7.97. The van der Waals surface area contributed by atoms with Gasteiger partial charge in [0.15, 0.2) is 0 Å². The number of rotatable bonds is 2. The van der Waals surface area contributed by atoms with Gasteiger partial charge in [0.2, 0.25) is 5.88 Å². The van der Waals surface area contributed by atoms with Crippen molar-refractivity contribution in [3.05, 3.63) is 41.6 Å². The Morgan fingerprint density at radius 2 is 2.00 bits per heavy atom. The van der Waals surface area contributed by atoms with E-state index in [2.05, 4.69) is 18.1 Å². The fraction of sp³-hybridized carbons (Fsp3) is 0.250. The largest absolute Gasteiger partial charge is 0.439 e. The number of ether oxygens (including phenoxy) is 1. The summed E-state index contributed by atoms with van der Waals surface area (Å²) in [5.74, 6) is 1.63. The molecule has 0 N–H and O–H groups in total. The molecular weight excluding hydrogens is 188 g/mol. The van der Waals surface area contributed by atoms with Crippen LogP contribution in [-0.2, 0) is 7.05 Å². The minimum absolute atomic E-state index is 0.752. The minimum atomic E-state index is 0.752. The van der Waals surface area contributed by atoms with Crippen molar-refractivity contribution in [3.63, 3.8) is 0 Å². The molecule has 0 fully saturated rings. The van der Waals surface area contributed by atoms with Crippen molar-refractivity contribution < 1.29 is 4.74 Å². The molecule has 3 nitrogen and oxygen atoms in total. The van der Waals surface area contributed by atoms with E-state index in [0.29, 0.717) is 0 Å². The highest BCUT2D eigenvalue weighted by Crippen LogP contribution is 2.24. The molecule has 0 amide bonds. The zero-order valence-electron chi connectivity index (χ0n) is 9.19. The molecule has 0 saturated carbocycles. The summed E-state index contributed by atoms with van der Waals surface area (Å²) in [5, 5.41) is 4.05. The number of hydrogen-bond donors (Lipinski definition) is 0. The monoisotopic (exact) mass is 202 g/mol. The van der Waals surface area contributed by atoms with Crippen LogP contribution in [0.4, 0.5) is 0 Å². The summed E-state index contributed by atoms with van der Waals surface area (Å²) < 4.78 is 7.44. The van der Waals surface area contributed by atoms with E-state index in [-0.39, 0.29) is 0 Å². The molecule has 0 aliphatic heterocycles. The molecule has 0 atom stereocenters. The van der Waals surface area contributed by atoms with Crippen molar-refractivity contribution in [2.24, 2.45) is 7.05 Å². The molecule has 2 aromatic rings. The molecule has 1 aromatic heterocycles. The molecule has 0 bridgehead atoms. The normalized spacial score (nSPS) is 10.3. The topological polar surface area (TPSA) is 27.1 Å². The molecule has 15 heavy (non-hydrogen) atoms. The highest BCUT2D eigenvalue weighted by molar-refractivity contribution is 5.37. The second-order valence-corrected chi connectivity index (χ2v) is 3.66. The first-order valence-electron chi connectivity index (χ1n) is 4.90. The van der Waals surface area contributed by atoms with Gasteiger partial charge in [-0.3, -0.25) is 0 Å². The van der Waals surface area contributed by atoms with Crippen LogP contribution in [0.25, 0.3) is 0 Å². The van der Waals surface area contributed by atoms with Gasteiger partial charge in [0.25, 0.3) is 0 Å². The lowest BCUT2D eigenvalue weighted by Gasteiger charge is -2.08. The van der Waals surface area contributed by atoms with Crippen molar-refractivity contribution >= 4 is 0 Å². The van der Waals surface area contributed by atoms with Crippen LogP contribution in [-0.4, -0.2) is 9.78 Å². The third-order valence-corrected chi connectivity index (χ3v) is 2.32. The molecule has 1 aromatic carbocycles. The van der Waals surface area contributed by atoms with E-state index in [0.717, 1.165) is 17.2 Å². The summed E-state index contributed by atoms with van der Waals surface area (Å²) in [5.41, 5.74) is 2.38. The smallest absolute Gasteiger partial charge is 0.217 e. The molecule has 78 valence electrons. The quantitative estimate of drug-likeness (QED) is 0.748. The van der Waals surface area contributed by atoms with Crippen LogP contribution in [0.5, 0.6) is 11.6 Å². The molecule has 0 aliphatic carbocycles. The van der Waals surface area contributed by atoms with Gasteiger partial charge in [0.05, 0.1) is 6.20 Å². The van der Waals surface area contributed by atoms with Crippen molar-refractivity contribution in [2.45, 2.75) is 13.8 Å². The van der Waals surface area contributed by atoms with Crippen LogP contribution < -0.4 is 4.74 Å². The summed E-state index contributed by atoms with van der Waals surface area (Å²) in [6.07, 6.45) is 1.72. The molecule has 0 spiro atoms. The highest BCUT2D eigenvalue weighted by Gasteiger charge is 2.04. The molecule has 0 aliphatic rings. The highest BCUT2D eigenvalue weighted by atomic mass is 16.5. The third-order valence-electron chi connectivity index (χ3n) is 2.32. The van der Waals surface area contributed by atoms with Gasteiger partial charge in [0, 0.05) is 13.1 Å². The van der Waals surface area contributed by atoms with Crippen LogP contribution in [0, 0.1) is 13.8 Å². The van der Waals surface area contributed by atoms with Crippen LogP contribution in [0.1, 0.15) is 11.1 Å². The Bertz CT molecular complexity index is 474. The van der Waals surface area contributed by atoms with Gasteiger partial charge in [-0.1, -0.05) is 17.7 Å². The van der Waals surface area contributed by atoms with Gasteiger partial charge >= 0.3 is 0 Å². The van der Waals surface area contributed by atoms with Gasteiger partial charge in [0.1, 0.15) is 5.75 Å². The first-order chi connectivity index (χ1) is 7.16. The predicted molar refractivity (Wildman–Crippen MR) is 59.2 cm³/mol. The second kappa shape index (κ2) is 3.77. The number of hydrogen-bond acceptors (Lipinski definition) is 2. The maximum atomic E-state index is 5.74. The number of aromatic nitrogens is 2. The Labute approximate surface area is 89.3 Å². The molecule has 3 heteroatoms. The molecule has 0 saturated heterocycles. The maximum absolute atomic E-state index is 5.74. The van der Waals surface area contributed by atoms with Crippen molar-refractivity contribution in [1.29, 1.82) is 0 Å². The van der Waals surface area contributed by atoms with Crippen LogP contribution in [0.15, 0.2) is 30.5 Å². The Balaban J connectivity index is 2.29. The van der Waals surface area contributed by atoms with Crippen LogP contribution in [0.3, 0.4) is 0 Å².